The molecular formula is C22H19N3O3. The van der Waals surface area contributed by atoms with E-state index in [-0.39, 0.29) is 12.5 Å². The Bertz CT molecular complexity index is 1140. The smallest absolute Gasteiger partial charge is 0.262 e. The van der Waals surface area contributed by atoms with Crippen LogP contribution in [0, 0.1) is 13.8 Å². The lowest BCUT2D eigenvalue weighted by atomic mass is 10.1. The highest BCUT2D eigenvalue weighted by Gasteiger charge is 2.10. The number of carbonyl (C=O) groups excluding carboxylic acids is 1. The number of ether oxygens (including phenoxy) is 1. The molecule has 4 rings (SSSR count). The van der Waals surface area contributed by atoms with Crippen molar-refractivity contribution < 1.29 is 13.9 Å². The molecule has 0 radical (unpaired) electrons. The highest BCUT2D eigenvalue weighted by atomic mass is 16.5. The van der Waals surface area contributed by atoms with E-state index in [9.17, 15) is 4.79 Å². The van der Waals surface area contributed by atoms with Gasteiger partial charge in [0.05, 0.1) is 0 Å². The number of benzene rings is 2. The number of nitrogens with one attached hydrogen (secondary N) is 1. The standard InChI is InChI=1S/C22H19N3O3/c1-14-3-5-18(11-15(14)2)27-13-21(26)24-17-4-6-20-19(12-17)25-22(28-20)16-7-9-23-10-8-16/h3-12H,13H2,1-2H3,(H,24,26). The van der Waals surface area contributed by atoms with Gasteiger partial charge in [0.2, 0.25) is 5.89 Å². The van der Waals surface area contributed by atoms with Gasteiger partial charge in [-0.1, -0.05) is 6.07 Å². The molecule has 4 aromatic rings. The second-order valence-electron chi connectivity index (χ2n) is 6.52. The van der Waals surface area contributed by atoms with Gasteiger partial charge in [0.15, 0.2) is 12.2 Å². The Hall–Kier alpha value is -3.67. The Morgan fingerprint density at radius 3 is 2.64 bits per heavy atom. The largest absolute Gasteiger partial charge is 0.484 e. The van der Waals surface area contributed by atoms with Gasteiger partial charge >= 0.3 is 0 Å². The van der Waals surface area contributed by atoms with Crippen molar-refractivity contribution in [3.8, 4) is 17.2 Å². The molecule has 0 aliphatic heterocycles. The summed E-state index contributed by atoms with van der Waals surface area (Å²) in [6.45, 7) is 3.98. The predicted octanol–water partition coefficient (Wildman–Crippen LogP) is 4.52. The minimum Gasteiger partial charge on any atom is -0.484 e. The number of anilines is 1. The van der Waals surface area contributed by atoms with Crippen molar-refractivity contribution in [1.82, 2.24) is 9.97 Å². The normalized spacial score (nSPS) is 10.8. The zero-order chi connectivity index (χ0) is 19.5. The number of amides is 1. The van der Waals surface area contributed by atoms with Crippen LogP contribution in [0.2, 0.25) is 0 Å². The molecule has 0 aliphatic carbocycles. The van der Waals surface area contributed by atoms with Gasteiger partial charge in [0.1, 0.15) is 11.3 Å². The fourth-order valence-corrected chi connectivity index (χ4v) is 2.77. The molecule has 6 heteroatoms. The monoisotopic (exact) mass is 373 g/mol. The van der Waals surface area contributed by atoms with Gasteiger partial charge in [-0.25, -0.2) is 4.98 Å². The molecule has 140 valence electrons. The Kier molecular flexibility index (Phi) is 4.76. The maximum atomic E-state index is 12.2. The van der Waals surface area contributed by atoms with E-state index in [1.165, 1.54) is 5.56 Å². The van der Waals surface area contributed by atoms with Crippen molar-refractivity contribution in [2.75, 3.05) is 11.9 Å². The second kappa shape index (κ2) is 7.52. The molecule has 0 spiro atoms. The first-order chi connectivity index (χ1) is 13.6. The molecule has 0 saturated heterocycles. The van der Waals surface area contributed by atoms with Gasteiger partial charge < -0.3 is 14.5 Å². The first kappa shape index (κ1) is 17.7. The highest BCUT2D eigenvalue weighted by molar-refractivity contribution is 5.94. The van der Waals surface area contributed by atoms with Crippen molar-refractivity contribution in [3.63, 3.8) is 0 Å². The molecule has 0 fully saturated rings. The molecule has 28 heavy (non-hydrogen) atoms. The summed E-state index contributed by atoms with van der Waals surface area (Å²) in [7, 11) is 0. The molecule has 0 bridgehead atoms. The molecule has 2 aromatic carbocycles. The number of nitrogens with zero attached hydrogens (tertiary/aromatic N) is 2. The molecule has 1 N–H and O–H groups in total. The topological polar surface area (TPSA) is 77.2 Å². The number of carbonyl (C=O) groups is 1. The van der Waals surface area contributed by atoms with Gasteiger partial charge in [-0.3, -0.25) is 9.78 Å². The number of pyridine rings is 1. The summed E-state index contributed by atoms with van der Waals surface area (Å²) in [5, 5.41) is 2.82. The number of rotatable bonds is 5. The molecular weight excluding hydrogens is 354 g/mol. The van der Waals surface area contributed by atoms with Gasteiger partial charge in [-0.2, -0.15) is 0 Å². The molecule has 1 amide bonds. The van der Waals surface area contributed by atoms with Crippen molar-refractivity contribution in [2.24, 2.45) is 0 Å². The first-order valence-corrected chi connectivity index (χ1v) is 8.89. The van der Waals surface area contributed by atoms with E-state index >= 15 is 0 Å². The summed E-state index contributed by atoms with van der Waals surface area (Å²) in [6.07, 6.45) is 3.37. The van der Waals surface area contributed by atoms with Crippen LogP contribution < -0.4 is 10.1 Å². The second-order valence-corrected chi connectivity index (χ2v) is 6.52. The fraction of sp³-hybridized carbons (Fsp3) is 0.136. The molecule has 0 aliphatic rings. The predicted molar refractivity (Wildman–Crippen MR) is 107 cm³/mol. The van der Waals surface area contributed by atoms with Crippen LogP contribution in [-0.4, -0.2) is 22.5 Å². The number of aryl methyl sites for hydroxylation is 2. The molecule has 6 nitrogen and oxygen atoms in total. The molecule has 2 aromatic heterocycles. The van der Waals surface area contributed by atoms with E-state index < -0.39 is 0 Å². The van der Waals surface area contributed by atoms with E-state index in [0.29, 0.717) is 28.4 Å². The van der Waals surface area contributed by atoms with E-state index in [4.69, 9.17) is 9.15 Å². The van der Waals surface area contributed by atoms with Gasteiger partial charge in [0, 0.05) is 23.6 Å². The van der Waals surface area contributed by atoms with Crippen LogP contribution in [0.25, 0.3) is 22.6 Å². The van der Waals surface area contributed by atoms with Gasteiger partial charge in [-0.15, -0.1) is 0 Å². The van der Waals surface area contributed by atoms with Crippen molar-refractivity contribution in [3.05, 3.63) is 72.1 Å². The van der Waals surface area contributed by atoms with Crippen LogP contribution in [0.4, 0.5) is 5.69 Å². The molecule has 2 heterocycles. The van der Waals surface area contributed by atoms with E-state index in [2.05, 4.69) is 15.3 Å². The van der Waals surface area contributed by atoms with E-state index in [1.54, 1.807) is 30.6 Å². The maximum Gasteiger partial charge on any atom is 0.262 e. The minimum atomic E-state index is -0.240. The summed E-state index contributed by atoms with van der Waals surface area (Å²) < 4.78 is 11.3. The first-order valence-electron chi connectivity index (χ1n) is 8.89. The van der Waals surface area contributed by atoms with Crippen LogP contribution >= 0.6 is 0 Å². The summed E-state index contributed by atoms with van der Waals surface area (Å²) in [5.41, 5.74) is 5.11. The average Bonchev–Trinajstić information content (AvgIpc) is 3.13. The Balaban J connectivity index is 1.44. The lowest BCUT2D eigenvalue weighted by molar-refractivity contribution is -0.118. The van der Waals surface area contributed by atoms with E-state index in [1.807, 2.05) is 44.2 Å². The fourth-order valence-electron chi connectivity index (χ4n) is 2.77. The van der Waals surface area contributed by atoms with Crippen molar-refractivity contribution in [1.29, 1.82) is 0 Å². The van der Waals surface area contributed by atoms with Crippen LogP contribution in [0.5, 0.6) is 5.75 Å². The Labute approximate surface area is 162 Å². The SMILES string of the molecule is Cc1ccc(OCC(=O)Nc2ccc3oc(-c4ccncc4)nc3c2)cc1C. The maximum absolute atomic E-state index is 12.2. The van der Waals surface area contributed by atoms with Crippen molar-refractivity contribution >= 4 is 22.7 Å². The average molecular weight is 373 g/mol. The Morgan fingerprint density at radius 2 is 1.86 bits per heavy atom. The number of hydrogen-bond acceptors (Lipinski definition) is 5. The summed E-state index contributed by atoms with van der Waals surface area (Å²) in [6, 6.07) is 14.8. The molecule has 0 atom stereocenters. The Morgan fingerprint density at radius 1 is 1.04 bits per heavy atom. The highest BCUT2D eigenvalue weighted by Crippen LogP contribution is 2.26. The summed E-state index contributed by atoms with van der Waals surface area (Å²) in [4.78, 5) is 20.7. The minimum absolute atomic E-state index is 0.0678. The quantitative estimate of drug-likeness (QED) is 0.556. The zero-order valence-electron chi connectivity index (χ0n) is 15.6. The summed E-state index contributed by atoms with van der Waals surface area (Å²) in [5.74, 6) is 0.946. The number of hydrogen-bond donors (Lipinski definition) is 1. The van der Waals surface area contributed by atoms with Gasteiger partial charge in [-0.05, 0) is 67.4 Å². The lowest BCUT2D eigenvalue weighted by Gasteiger charge is -2.09. The third kappa shape index (κ3) is 3.86. The number of fused-ring (bicyclic) bond motifs is 1. The number of aromatic nitrogens is 2. The number of oxazole rings is 1. The zero-order valence-corrected chi connectivity index (χ0v) is 15.6. The van der Waals surface area contributed by atoms with Crippen LogP contribution in [0.3, 0.4) is 0 Å². The van der Waals surface area contributed by atoms with E-state index in [0.717, 1.165) is 11.1 Å². The van der Waals surface area contributed by atoms with Crippen LogP contribution in [-0.2, 0) is 4.79 Å². The van der Waals surface area contributed by atoms with Crippen LogP contribution in [0.15, 0.2) is 65.3 Å². The lowest BCUT2D eigenvalue weighted by Crippen LogP contribution is -2.20. The van der Waals surface area contributed by atoms with Crippen LogP contribution in [0.1, 0.15) is 11.1 Å². The molecule has 0 saturated carbocycles. The summed E-state index contributed by atoms with van der Waals surface area (Å²) >= 11 is 0. The molecule has 0 unspecified atom stereocenters. The third-order valence-corrected chi connectivity index (χ3v) is 4.45. The third-order valence-electron chi connectivity index (χ3n) is 4.45. The van der Waals surface area contributed by atoms with Gasteiger partial charge in [0.25, 0.3) is 5.91 Å². The van der Waals surface area contributed by atoms with Crippen molar-refractivity contribution in [2.45, 2.75) is 13.8 Å².